The van der Waals surface area contributed by atoms with Crippen molar-refractivity contribution < 1.29 is 13.2 Å². The first-order chi connectivity index (χ1) is 15.8. The van der Waals surface area contributed by atoms with Gasteiger partial charge in [-0.05, 0) is 55.8 Å². The maximum absolute atomic E-state index is 13.2. The summed E-state index contributed by atoms with van der Waals surface area (Å²) in [5.41, 5.74) is 3.34. The minimum atomic E-state index is -3.61. The number of para-hydroxylation sites is 1. The van der Waals surface area contributed by atoms with Gasteiger partial charge in [0.05, 0.1) is 21.7 Å². The summed E-state index contributed by atoms with van der Waals surface area (Å²) in [6, 6.07) is 19.3. The average Bonchev–Trinajstić information content (AvgIpc) is 2.82. The van der Waals surface area contributed by atoms with Gasteiger partial charge in [0.1, 0.15) is 0 Å². The van der Waals surface area contributed by atoms with Gasteiger partial charge < -0.3 is 5.32 Å². The Morgan fingerprint density at radius 2 is 1.82 bits per heavy atom. The highest BCUT2D eigenvalue weighted by molar-refractivity contribution is 7.89. The highest BCUT2D eigenvalue weighted by Gasteiger charge is 2.17. The van der Waals surface area contributed by atoms with Gasteiger partial charge in [0.15, 0.2) is 0 Å². The molecule has 0 radical (unpaired) electrons. The minimum absolute atomic E-state index is 0.163. The highest BCUT2D eigenvalue weighted by atomic mass is 32.2. The van der Waals surface area contributed by atoms with E-state index in [1.54, 1.807) is 50.5 Å². The van der Waals surface area contributed by atoms with Crippen molar-refractivity contribution in [3.63, 3.8) is 0 Å². The molecule has 2 aromatic heterocycles. The Morgan fingerprint density at radius 3 is 2.58 bits per heavy atom. The van der Waals surface area contributed by atoms with Gasteiger partial charge in [0.2, 0.25) is 10.0 Å². The summed E-state index contributed by atoms with van der Waals surface area (Å²) in [7, 11) is -3.61. The molecule has 0 atom stereocenters. The summed E-state index contributed by atoms with van der Waals surface area (Å²) >= 11 is 0. The topological polar surface area (TPSA) is 101 Å². The predicted molar refractivity (Wildman–Crippen MR) is 128 cm³/mol. The van der Waals surface area contributed by atoms with E-state index >= 15 is 0 Å². The third kappa shape index (κ3) is 5.24. The monoisotopic (exact) mass is 460 g/mol. The Bertz CT molecular complexity index is 1400. The molecule has 4 rings (SSSR count). The maximum atomic E-state index is 13.2. The zero-order valence-electron chi connectivity index (χ0n) is 18.3. The second-order valence-electron chi connectivity index (χ2n) is 7.92. The Labute approximate surface area is 193 Å². The van der Waals surface area contributed by atoms with Crippen LogP contribution < -0.4 is 10.0 Å². The standard InChI is InChI=1S/C25H24N4O3S/c1-17(2)29-33(31,32)20-9-5-7-18(13-20)15-27-25(30)22-14-24(19-8-6-12-26-16-19)28-23-11-4-3-10-21(22)23/h3-14,16-17,29H,15H2,1-2H3,(H,27,30). The average molecular weight is 461 g/mol. The minimum Gasteiger partial charge on any atom is -0.348 e. The third-order valence-corrected chi connectivity index (χ3v) is 6.63. The van der Waals surface area contributed by atoms with Crippen molar-refractivity contribution in [1.29, 1.82) is 0 Å². The molecule has 4 aromatic rings. The number of hydrogen-bond acceptors (Lipinski definition) is 5. The van der Waals surface area contributed by atoms with Gasteiger partial charge in [-0.3, -0.25) is 9.78 Å². The molecular formula is C25H24N4O3S. The van der Waals surface area contributed by atoms with Gasteiger partial charge in [0, 0.05) is 35.9 Å². The van der Waals surface area contributed by atoms with E-state index in [0.717, 1.165) is 10.9 Å². The normalized spacial score (nSPS) is 11.6. The van der Waals surface area contributed by atoms with Crippen molar-refractivity contribution in [3.05, 3.63) is 90.3 Å². The molecule has 1 amide bonds. The summed E-state index contributed by atoms with van der Waals surface area (Å²) in [6.07, 6.45) is 3.39. The molecule has 2 aromatic carbocycles. The number of rotatable bonds is 7. The van der Waals surface area contributed by atoms with Crippen molar-refractivity contribution in [2.45, 2.75) is 31.3 Å². The van der Waals surface area contributed by atoms with Gasteiger partial charge in [-0.25, -0.2) is 18.1 Å². The first kappa shape index (κ1) is 22.6. The Hall–Kier alpha value is -3.62. The van der Waals surface area contributed by atoms with E-state index in [1.807, 2.05) is 36.4 Å². The van der Waals surface area contributed by atoms with Gasteiger partial charge in [-0.2, -0.15) is 0 Å². The second-order valence-corrected chi connectivity index (χ2v) is 9.63. The third-order valence-electron chi connectivity index (χ3n) is 4.97. The van der Waals surface area contributed by atoms with Crippen molar-refractivity contribution in [1.82, 2.24) is 20.0 Å². The summed E-state index contributed by atoms with van der Waals surface area (Å²) in [5, 5.41) is 3.64. The van der Waals surface area contributed by atoms with Crippen LogP contribution in [0.4, 0.5) is 0 Å². The Balaban J connectivity index is 1.61. The van der Waals surface area contributed by atoms with E-state index in [1.165, 1.54) is 6.07 Å². The van der Waals surface area contributed by atoms with Crippen LogP contribution in [-0.2, 0) is 16.6 Å². The van der Waals surface area contributed by atoms with Crippen LogP contribution in [0.25, 0.3) is 22.2 Å². The van der Waals surface area contributed by atoms with Crippen molar-refractivity contribution in [2.75, 3.05) is 0 Å². The zero-order valence-corrected chi connectivity index (χ0v) is 19.1. The smallest absolute Gasteiger partial charge is 0.252 e. The van der Waals surface area contributed by atoms with Crippen LogP contribution in [0, 0.1) is 0 Å². The Kier molecular flexibility index (Phi) is 6.48. The summed E-state index contributed by atoms with van der Waals surface area (Å²) < 4.78 is 27.5. The van der Waals surface area contributed by atoms with Gasteiger partial charge in [-0.15, -0.1) is 0 Å². The number of hydrogen-bond donors (Lipinski definition) is 2. The van der Waals surface area contributed by atoms with E-state index in [4.69, 9.17) is 0 Å². The molecule has 8 heteroatoms. The number of sulfonamides is 1. The van der Waals surface area contributed by atoms with Gasteiger partial charge >= 0.3 is 0 Å². The van der Waals surface area contributed by atoms with E-state index in [0.29, 0.717) is 22.3 Å². The molecule has 2 heterocycles. The number of carbonyl (C=O) groups excluding carboxylic acids is 1. The number of amides is 1. The van der Waals surface area contributed by atoms with Crippen molar-refractivity contribution in [2.24, 2.45) is 0 Å². The molecule has 0 spiro atoms. The SMILES string of the molecule is CC(C)NS(=O)(=O)c1cccc(CNC(=O)c2cc(-c3cccnc3)nc3ccccc23)c1. The summed E-state index contributed by atoms with van der Waals surface area (Å²) in [6.45, 7) is 3.71. The van der Waals surface area contributed by atoms with E-state index in [2.05, 4.69) is 20.0 Å². The summed E-state index contributed by atoms with van der Waals surface area (Å²) in [4.78, 5) is 22.1. The quantitative estimate of drug-likeness (QED) is 0.435. The molecule has 0 aliphatic heterocycles. The lowest BCUT2D eigenvalue weighted by Crippen LogP contribution is -2.30. The fourth-order valence-corrected chi connectivity index (χ4v) is 4.82. The predicted octanol–water partition coefficient (Wildman–Crippen LogP) is 3.91. The van der Waals surface area contributed by atoms with Crippen LogP contribution >= 0.6 is 0 Å². The fourth-order valence-electron chi connectivity index (χ4n) is 3.50. The molecule has 7 nitrogen and oxygen atoms in total. The first-order valence-corrected chi connectivity index (χ1v) is 12.0. The van der Waals surface area contributed by atoms with E-state index in [9.17, 15) is 13.2 Å². The molecule has 33 heavy (non-hydrogen) atoms. The number of pyridine rings is 2. The van der Waals surface area contributed by atoms with Gasteiger partial charge in [-0.1, -0.05) is 30.3 Å². The Morgan fingerprint density at radius 1 is 1.00 bits per heavy atom. The van der Waals surface area contributed by atoms with E-state index < -0.39 is 10.0 Å². The molecule has 0 unspecified atom stereocenters. The number of fused-ring (bicyclic) bond motifs is 1. The number of benzene rings is 2. The molecule has 168 valence electrons. The lowest BCUT2D eigenvalue weighted by atomic mass is 10.0. The van der Waals surface area contributed by atoms with Crippen LogP contribution in [0.2, 0.25) is 0 Å². The molecule has 0 bridgehead atoms. The molecule has 2 N–H and O–H groups in total. The number of aromatic nitrogens is 2. The fraction of sp³-hybridized carbons (Fsp3) is 0.160. The maximum Gasteiger partial charge on any atom is 0.252 e. The molecule has 0 aliphatic rings. The largest absolute Gasteiger partial charge is 0.348 e. The second kappa shape index (κ2) is 9.48. The van der Waals surface area contributed by atoms with Crippen molar-refractivity contribution in [3.8, 4) is 11.3 Å². The first-order valence-electron chi connectivity index (χ1n) is 10.5. The van der Waals surface area contributed by atoms with Crippen LogP contribution in [0.15, 0.2) is 84.0 Å². The van der Waals surface area contributed by atoms with Gasteiger partial charge in [0.25, 0.3) is 5.91 Å². The molecule has 0 fully saturated rings. The molecule has 0 aliphatic carbocycles. The van der Waals surface area contributed by atoms with Crippen LogP contribution in [0.1, 0.15) is 29.8 Å². The molecule has 0 saturated carbocycles. The molecule has 0 saturated heterocycles. The van der Waals surface area contributed by atoms with Crippen molar-refractivity contribution >= 4 is 26.8 Å². The highest BCUT2D eigenvalue weighted by Crippen LogP contribution is 2.24. The molecular weight excluding hydrogens is 436 g/mol. The number of carbonyl (C=O) groups is 1. The van der Waals surface area contributed by atoms with Crippen LogP contribution in [-0.4, -0.2) is 30.3 Å². The van der Waals surface area contributed by atoms with Crippen LogP contribution in [0.5, 0.6) is 0 Å². The lowest BCUT2D eigenvalue weighted by molar-refractivity contribution is 0.0952. The number of nitrogens with one attached hydrogen (secondary N) is 2. The number of nitrogens with zero attached hydrogens (tertiary/aromatic N) is 2. The lowest BCUT2D eigenvalue weighted by Gasteiger charge is -2.12. The van der Waals surface area contributed by atoms with E-state index in [-0.39, 0.29) is 23.4 Å². The van der Waals surface area contributed by atoms with Crippen LogP contribution in [0.3, 0.4) is 0 Å². The zero-order chi connectivity index (χ0) is 23.4. The summed E-state index contributed by atoms with van der Waals surface area (Å²) in [5.74, 6) is -0.271.